The molecule has 18 heavy (non-hydrogen) atoms. The maximum Gasteiger partial charge on any atom is 0.0591 e. The van der Waals surface area contributed by atoms with E-state index in [1.165, 1.54) is 28.4 Å². The van der Waals surface area contributed by atoms with Crippen molar-refractivity contribution in [1.29, 1.82) is 0 Å². The minimum Gasteiger partial charge on any atom is -0.380 e. The predicted octanol–water partition coefficient (Wildman–Crippen LogP) is 3.70. The molecule has 0 fully saturated rings. The van der Waals surface area contributed by atoms with Crippen molar-refractivity contribution >= 4 is 15.9 Å². The van der Waals surface area contributed by atoms with Crippen LogP contribution in [-0.4, -0.2) is 19.8 Å². The zero-order valence-electron chi connectivity index (χ0n) is 11.2. The molecule has 3 heteroatoms. The van der Waals surface area contributed by atoms with Crippen LogP contribution in [0.25, 0.3) is 0 Å². The minimum absolute atomic E-state index is 0.500. The average Bonchev–Trinajstić information content (AvgIpc) is 2.73. The number of hydrogen-bond acceptors (Lipinski definition) is 2. The molecule has 0 heterocycles. The van der Waals surface area contributed by atoms with Crippen LogP contribution in [-0.2, 0) is 11.2 Å². The highest BCUT2D eigenvalue weighted by Gasteiger charge is 2.22. The zero-order valence-corrected chi connectivity index (χ0v) is 12.8. The van der Waals surface area contributed by atoms with Crippen molar-refractivity contribution in [1.82, 2.24) is 5.32 Å². The van der Waals surface area contributed by atoms with Crippen LogP contribution in [0.3, 0.4) is 0 Å². The maximum absolute atomic E-state index is 5.59. The van der Waals surface area contributed by atoms with E-state index in [4.69, 9.17) is 4.74 Å². The molecule has 1 N–H and O–H groups in total. The quantitative estimate of drug-likeness (QED) is 0.809. The highest BCUT2D eigenvalue weighted by molar-refractivity contribution is 9.10. The zero-order chi connectivity index (χ0) is 13.0. The second-order valence-corrected chi connectivity index (χ2v) is 6.18. The number of ether oxygens (including phenoxy) is 1. The summed E-state index contributed by atoms with van der Waals surface area (Å²) in [4.78, 5) is 0. The predicted molar refractivity (Wildman–Crippen MR) is 78.9 cm³/mol. The summed E-state index contributed by atoms with van der Waals surface area (Å²) < 4.78 is 6.85. The highest BCUT2D eigenvalue weighted by atomic mass is 79.9. The molecular weight excluding hydrogens is 290 g/mol. The third-order valence-corrected chi connectivity index (χ3v) is 4.04. The summed E-state index contributed by atoms with van der Waals surface area (Å²) in [6.45, 7) is 6.95. The Labute approximate surface area is 118 Å². The Morgan fingerprint density at radius 3 is 3.06 bits per heavy atom. The lowest BCUT2D eigenvalue weighted by Crippen LogP contribution is -2.24. The number of benzene rings is 1. The van der Waals surface area contributed by atoms with Gasteiger partial charge in [0.05, 0.1) is 6.61 Å². The van der Waals surface area contributed by atoms with E-state index in [1.54, 1.807) is 0 Å². The van der Waals surface area contributed by atoms with Crippen LogP contribution in [0.15, 0.2) is 22.7 Å². The first-order valence-electron chi connectivity index (χ1n) is 6.77. The van der Waals surface area contributed by atoms with E-state index >= 15 is 0 Å². The Hall–Kier alpha value is -0.380. The van der Waals surface area contributed by atoms with E-state index in [0.717, 1.165) is 19.8 Å². The van der Waals surface area contributed by atoms with E-state index in [9.17, 15) is 0 Å². The molecule has 1 aromatic rings. The topological polar surface area (TPSA) is 21.3 Å². The van der Waals surface area contributed by atoms with E-state index in [2.05, 4.69) is 53.3 Å². The smallest absolute Gasteiger partial charge is 0.0591 e. The molecule has 0 saturated carbocycles. The number of nitrogens with one attached hydrogen (secondary N) is 1. The molecule has 0 amide bonds. The Kier molecular flexibility index (Phi) is 5.22. The van der Waals surface area contributed by atoms with Gasteiger partial charge in [-0.1, -0.05) is 41.9 Å². The van der Waals surface area contributed by atoms with Crippen molar-refractivity contribution in [2.45, 2.75) is 32.7 Å². The van der Waals surface area contributed by atoms with E-state index in [0.29, 0.717) is 12.0 Å². The van der Waals surface area contributed by atoms with Gasteiger partial charge >= 0.3 is 0 Å². The molecule has 1 atom stereocenters. The summed E-state index contributed by atoms with van der Waals surface area (Å²) in [6.07, 6.45) is 2.36. The monoisotopic (exact) mass is 311 g/mol. The van der Waals surface area contributed by atoms with Crippen molar-refractivity contribution in [3.8, 4) is 0 Å². The second kappa shape index (κ2) is 6.69. The van der Waals surface area contributed by atoms with Crippen LogP contribution in [0.4, 0.5) is 0 Å². The fourth-order valence-electron chi connectivity index (χ4n) is 2.45. The van der Waals surface area contributed by atoms with Gasteiger partial charge < -0.3 is 10.1 Å². The summed E-state index contributed by atoms with van der Waals surface area (Å²) in [5.74, 6) is 0.619. The summed E-state index contributed by atoms with van der Waals surface area (Å²) in [7, 11) is 0. The molecule has 1 unspecified atom stereocenters. The average molecular weight is 312 g/mol. The fourth-order valence-corrected chi connectivity index (χ4v) is 3.03. The minimum atomic E-state index is 0.500. The molecule has 0 saturated heterocycles. The Morgan fingerprint density at radius 2 is 2.28 bits per heavy atom. The van der Waals surface area contributed by atoms with Gasteiger partial charge in [-0.25, -0.2) is 0 Å². The third-order valence-electron chi connectivity index (χ3n) is 3.30. The van der Waals surface area contributed by atoms with Crippen LogP contribution < -0.4 is 5.32 Å². The Bertz CT molecular complexity index is 392. The molecule has 1 aliphatic rings. The summed E-state index contributed by atoms with van der Waals surface area (Å²) in [5, 5.41) is 3.59. The Balaban J connectivity index is 1.78. The summed E-state index contributed by atoms with van der Waals surface area (Å²) in [5.41, 5.74) is 2.92. The molecule has 1 aliphatic carbocycles. The lowest BCUT2D eigenvalue weighted by atomic mass is 10.1. The molecule has 2 rings (SSSR count). The first-order chi connectivity index (χ1) is 8.68. The highest BCUT2D eigenvalue weighted by Crippen LogP contribution is 2.35. The summed E-state index contributed by atoms with van der Waals surface area (Å²) >= 11 is 3.63. The van der Waals surface area contributed by atoms with E-state index < -0.39 is 0 Å². The van der Waals surface area contributed by atoms with Crippen LogP contribution in [0.5, 0.6) is 0 Å². The number of fused-ring (bicyclic) bond motifs is 1. The van der Waals surface area contributed by atoms with Gasteiger partial charge in [0.2, 0.25) is 0 Å². The fraction of sp³-hybridized carbons (Fsp3) is 0.600. The Morgan fingerprint density at radius 1 is 1.44 bits per heavy atom. The molecule has 100 valence electrons. The SMILES string of the molecule is CC(C)COCCNC1CCc2c(Br)cccc21. The first-order valence-corrected chi connectivity index (χ1v) is 7.56. The van der Waals surface area contributed by atoms with Crippen LogP contribution in [0.2, 0.25) is 0 Å². The number of rotatable bonds is 6. The van der Waals surface area contributed by atoms with Crippen molar-refractivity contribution in [2.24, 2.45) is 5.92 Å². The molecule has 0 spiro atoms. The van der Waals surface area contributed by atoms with Crippen LogP contribution in [0, 0.1) is 5.92 Å². The van der Waals surface area contributed by atoms with Crippen molar-refractivity contribution < 1.29 is 4.74 Å². The molecule has 0 aliphatic heterocycles. The lowest BCUT2D eigenvalue weighted by Gasteiger charge is -2.14. The van der Waals surface area contributed by atoms with Gasteiger partial charge in [-0.15, -0.1) is 0 Å². The molecule has 0 radical (unpaired) electrons. The molecule has 1 aromatic carbocycles. The number of halogens is 1. The van der Waals surface area contributed by atoms with Gasteiger partial charge in [-0.05, 0) is 36.0 Å². The molecular formula is C15H22BrNO. The van der Waals surface area contributed by atoms with Crippen LogP contribution in [0.1, 0.15) is 37.4 Å². The maximum atomic E-state index is 5.59. The lowest BCUT2D eigenvalue weighted by molar-refractivity contribution is 0.110. The van der Waals surface area contributed by atoms with Gasteiger partial charge in [0, 0.05) is 23.7 Å². The second-order valence-electron chi connectivity index (χ2n) is 5.32. The number of hydrogen-bond donors (Lipinski definition) is 1. The molecule has 2 nitrogen and oxygen atoms in total. The molecule has 0 bridgehead atoms. The van der Waals surface area contributed by atoms with Gasteiger partial charge in [0.1, 0.15) is 0 Å². The van der Waals surface area contributed by atoms with Gasteiger partial charge in [-0.3, -0.25) is 0 Å². The van der Waals surface area contributed by atoms with Crippen molar-refractivity contribution in [3.05, 3.63) is 33.8 Å². The van der Waals surface area contributed by atoms with Crippen molar-refractivity contribution in [2.75, 3.05) is 19.8 Å². The molecule has 0 aromatic heterocycles. The van der Waals surface area contributed by atoms with E-state index in [1.807, 2.05) is 0 Å². The van der Waals surface area contributed by atoms with Gasteiger partial charge in [0.15, 0.2) is 0 Å². The first kappa shape index (κ1) is 14.0. The third kappa shape index (κ3) is 3.56. The van der Waals surface area contributed by atoms with E-state index in [-0.39, 0.29) is 0 Å². The van der Waals surface area contributed by atoms with Crippen molar-refractivity contribution in [3.63, 3.8) is 0 Å². The van der Waals surface area contributed by atoms with Gasteiger partial charge in [-0.2, -0.15) is 0 Å². The normalized spacial score (nSPS) is 18.3. The van der Waals surface area contributed by atoms with Crippen LogP contribution >= 0.6 is 15.9 Å². The summed E-state index contributed by atoms with van der Waals surface area (Å²) in [6, 6.07) is 6.99. The van der Waals surface area contributed by atoms with Gasteiger partial charge in [0.25, 0.3) is 0 Å². The standard InChI is InChI=1S/C15H22BrNO/c1-11(2)10-18-9-8-17-15-7-6-12-13(15)4-3-5-14(12)16/h3-5,11,15,17H,6-10H2,1-2H3. The largest absolute Gasteiger partial charge is 0.380 e.